The minimum absolute atomic E-state index is 0.113. The smallest absolute Gasteiger partial charge is 0.292 e. The lowest BCUT2D eigenvalue weighted by molar-refractivity contribution is 0.0993. The summed E-state index contributed by atoms with van der Waals surface area (Å²) in [6.45, 7) is 1.66. The molecule has 0 saturated heterocycles. The Morgan fingerprint density at radius 2 is 2.04 bits per heavy atom. The van der Waals surface area contributed by atoms with Crippen LogP contribution in [0.25, 0.3) is 0 Å². The fourth-order valence-electron chi connectivity index (χ4n) is 2.19. The lowest BCUT2D eigenvalue weighted by Crippen LogP contribution is -2.16. The Labute approximate surface area is 148 Å². The van der Waals surface area contributed by atoms with Crippen molar-refractivity contribution in [3.8, 4) is 5.75 Å². The molecule has 0 saturated carbocycles. The maximum atomic E-state index is 13.6. The maximum absolute atomic E-state index is 13.6. The molecule has 0 aliphatic carbocycles. The molecule has 1 N–H and O–H groups in total. The highest BCUT2D eigenvalue weighted by molar-refractivity contribution is 6.01. The number of amides is 1. The van der Waals surface area contributed by atoms with Crippen molar-refractivity contribution in [2.45, 2.75) is 13.5 Å². The van der Waals surface area contributed by atoms with E-state index in [1.165, 1.54) is 6.07 Å². The van der Waals surface area contributed by atoms with Crippen LogP contribution < -0.4 is 15.5 Å². The van der Waals surface area contributed by atoms with Gasteiger partial charge in [-0.25, -0.2) is 9.37 Å². The second kappa shape index (κ2) is 7.60. The number of carbonyl (C=O) groups excluding carboxylic acids is 1. The number of benzene rings is 1. The summed E-state index contributed by atoms with van der Waals surface area (Å²) in [5.41, 5.74) is 0.496. The van der Waals surface area contributed by atoms with E-state index < -0.39 is 17.2 Å². The number of anilines is 1. The van der Waals surface area contributed by atoms with E-state index in [9.17, 15) is 14.0 Å². The Balaban J connectivity index is 1.70. The van der Waals surface area contributed by atoms with E-state index in [0.29, 0.717) is 11.4 Å². The summed E-state index contributed by atoms with van der Waals surface area (Å²) in [6.07, 6.45) is 1.03. The average Bonchev–Trinajstić information content (AvgIpc) is 2.62. The van der Waals surface area contributed by atoms with E-state index in [1.54, 1.807) is 43.3 Å². The fourth-order valence-corrected chi connectivity index (χ4v) is 2.19. The molecule has 2 heterocycles. The molecule has 0 radical (unpaired) electrons. The number of hydrogen-bond donors (Lipinski definition) is 1. The molecule has 0 unspecified atom stereocenters. The van der Waals surface area contributed by atoms with Gasteiger partial charge < -0.3 is 14.5 Å². The maximum Gasteiger partial charge on any atom is 0.292 e. The van der Waals surface area contributed by atoms with Gasteiger partial charge in [-0.2, -0.15) is 0 Å². The molecule has 0 bridgehead atoms. The Hall–Kier alpha value is -3.48. The van der Waals surface area contributed by atoms with Crippen molar-refractivity contribution in [3.63, 3.8) is 0 Å². The number of halogens is 1. The van der Waals surface area contributed by atoms with Crippen LogP contribution in [0.1, 0.15) is 21.8 Å². The number of hydrogen-bond acceptors (Lipinski definition) is 5. The highest BCUT2D eigenvalue weighted by Crippen LogP contribution is 2.13. The Morgan fingerprint density at radius 1 is 1.23 bits per heavy atom. The molecule has 0 aliphatic rings. The zero-order valence-corrected chi connectivity index (χ0v) is 13.9. The molecule has 6 nitrogen and oxygen atoms in total. The molecule has 0 spiro atoms. The topological polar surface area (TPSA) is 81.4 Å². The van der Waals surface area contributed by atoms with Gasteiger partial charge >= 0.3 is 0 Å². The number of nitrogens with one attached hydrogen (secondary N) is 1. The van der Waals surface area contributed by atoms with Crippen LogP contribution in [0.4, 0.5) is 10.2 Å². The molecule has 3 rings (SSSR count). The summed E-state index contributed by atoms with van der Waals surface area (Å²) in [5, 5.41) is 2.54. The standard InChI is InChI=1S/C19H15FN2O4/c1-12-5-4-8-18(21-12)22-19(24)16-9-15(23)17(11-26-16)25-10-13-6-2-3-7-14(13)20/h2-9,11H,10H2,1H3,(H,21,22,24). The summed E-state index contributed by atoms with van der Waals surface area (Å²) in [7, 11) is 0. The first-order valence-corrected chi connectivity index (χ1v) is 7.77. The molecule has 0 fully saturated rings. The third-order valence-electron chi connectivity index (χ3n) is 3.49. The molecule has 1 amide bonds. The summed E-state index contributed by atoms with van der Waals surface area (Å²) < 4.78 is 24.0. The zero-order valence-electron chi connectivity index (χ0n) is 13.9. The third kappa shape index (κ3) is 4.13. The van der Waals surface area contributed by atoms with Gasteiger partial charge in [0.2, 0.25) is 11.2 Å². The molecule has 0 aliphatic heterocycles. The number of aromatic nitrogens is 1. The highest BCUT2D eigenvalue weighted by atomic mass is 19.1. The summed E-state index contributed by atoms with van der Waals surface area (Å²) in [4.78, 5) is 28.4. The van der Waals surface area contributed by atoms with Crippen LogP contribution in [0, 0.1) is 12.7 Å². The third-order valence-corrected chi connectivity index (χ3v) is 3.49. The molecule has 26 heavy (non-hydrogen) atoms. The van der Waals surface area contributed by atoms with Crippen LogP contribution >= 0.6 is 0 Å². The lowest BCUT2D eigenvalue weighted by Gasteiger charge is -2.07. The summed E-state index contributed by atoms with van der Waals surface area (Å²) in [5.74, 6) is -0.994. The number of nitrogens with zero attached hydrogens (tertiary/aromatic N) is 1. The zero-order chi connectivity index (χ0) is 18.5. The molecule has 3 aromatic rings. The van der Waals surface area contributed by atoms with E-state index >= 15 is 0 Å². The van der Waals surface area contributed by atoms with E-state index in [4.69, 9.17) is 9.15 Å². The van der Waals surface area contributed by atoms with Crippen LogP contribution in [0.15, 0.2) is 64.0 Å². The van der Waals surface area contributed by atoms with E-state index in [-0.39, 0.29) is 18.1 Å². The molecular formula is C19H15FN2O4. The highest BCUT2D eigenvalue weighted by Gasteiger charge is 2.13. The molecule has 0 atom stereocenters. The average molecular weight is 354 g/mol. The van der Waals surface area contributed by atoms with Crippen molar-refractivity contribution in [1.29, 1.82) is 0 Å². The number of aryl methyl sites for hydroxylation is 1. The molecule has 7 heteroatoms. The van der Waals surface area contributed by atoms with Gasteiger partial charge in [0.25, 0.3) is 5.91 Å². The predicted octanol–water partition coefficient (Wildman–Crippen LogP) is 3.31. The first-order chi connectivity index (χ1) is 12.5. The molecule has 1 aromatic carbocycles. The quantitative estimate of drug-likeness (QED) is 0.760. The second-order valence-corrected chi connectivity index (χ2v) is 5.47. The fraction of sp³-hybridized carbons (Fsp3) is 0.105. The monoisotopic (exact) mass is 354 g/mol. The summed E-state index contributed by atoms with van der Waals surface area (Å²) >= 11 is 0. The van der Waals surface area contributed by atoms with Gasteiger partial charge in [0, 0.05) is 17.3 Å². The van der Waals surface area contributed by atoms with E-state index in [1.807, 2.05) is 0 Å². The molecular weight excluding hydrogens is 339 g/mol. The number of rotatable bonds is 5. The first-order valence-electron chi connectivity index (χ1n) is 7.77. The van der Waals surface area contributed by atoms with Crippen molar-refractivity contribution in [2.24, 2.45) is 0 Å². The van der Waals surface area contributed by atoms with Gasteiger partial charge in [-0.1, -0.05) is 24.3 Å². The van der Waals surface area contributed by atoms with Crippen molar-refractivity contribution >= 4 is 11.7 Å². The Kier molecular flexibility index (Phi) is 5.07. The van der Waals surface area contributed by atoms with Gasteiger partial charge in [0.1, 0.15) is 24.5 Å². The van der Waals surface area contributed by atoms with E-state index in [2.05, 4.69) is 10.3 Å². The second-order valence-electron chi connectivity index (χ2n) is 5.47. The van der Waals surface area contributed by atoms with E-state index in [0.717, 1.165) is 18.0 Å². The largest absolute Gasteiger partial charge is 0.482 e. The lowest BCUT2D eigenvalue weighted by atomic mass is 10.2. The first kappa shape index (κ1) is 17.3. The van der Waals surface area contributed by atoms with Crippen LogP contribution in [-0.2, 0) is 6.61 Å². The SMILES string of the molecule is Cc1cccc(NC(=O)c2cc(=O)c(OCc3ccccc3F)co2)n1. The predicted molar refractivity (Wildman–Crippen MR) is 92.6 cm³/mol. The number of ether oxygens (including phenoxy) is 1. The van der Waals surface area contributed by atoms with Crippen molar-refractivity contribution in [2.75, 3.05) is 5.32 Å². The van der Waals surface area contributed by atoms with Crippen LogP contribution in [0.5, 0.6) is 5.75 Å². The number of carbonyl (C=O) groups is 1. The van der Waals surface area contributed by atoms with Gasteiger partial charge in [0.15, 0.2) is 5.76 Å². The minimum Gasteiger partial charge on any atom is -0.482 e. The van der Waals surface area contributed by atoms with Gasteiger partial charge in [-0.05, 0) is 25.1 Å². The van der Waals surface area contributed by atoms with Gasteiger partial charge in [0.05, 0.1) is 0 Å². The van der Waals surface area contributed by atoms with Crippen molar-refractivity contribution in [1.82, 2.24) is 4.98 Å². The van der Waals surface area contributed by atoms with Crippen LogP contribution in [0.2, 0.25) is 0 Å². The normalized spacial score (nSPS) is 10.4. The van der Waals surface area contributed by atoms with Crippen LogP contribution in [-0.4, -0.2) is 10.9 Å². The van der Waals surface area contributed by atoms with Crippen LogP contribution in [0.3, 0.4) is 0 Å². The van der Waals surface area contributed by atoms with Gasteiger partial charge in [-0.3, -0.25) is 9.59 Å². The Bertz CT molecular complexity index is 1000. The molecule has 2 aromatic heterocycles. The van der Waals surface area contributed by atoms with Crippen molar-refractivity contribution < 1.29 is 18.3 Å². The Morgan fingerprint density at radius 3 is 2.77 bits per heavy atom. The minimum atomic E-state index is -0.610. The molecule has 132 valence electrons. The van der Waals surface area contributed by atoms with Gasteiger partial charge in [-0.15, -0.1) is 0 Å². The summed E-state index contributed by atoms with van der Waals surface area (Å²) in [6, 6.07) is 12.2. The number of pyridine rings is 1. The van der Waals surface area contributed by atoms with Crippen molar-refractivity contribution in [3.05, 3.63) is 87.9 Å².